The Kier molecular flexibility index (Phi) is 3.83. The van der Waals surface area contributed by atoms with Gasteiger partial charge >= 0.3 is 0 Å². The molecule has 6 aromatic rings. The van der Waals surface area contributed by atoms with Crippen LogP contribution >= 0.6 is 0 Å². The number of hydrogen-bond donors (Lipinski definition) is 0. The predicted molar refractivity (Wildman–Crippen MR) is 157 cm³/mol. The lowest BCUT2D eigenvalue weighted by Gasteiger charge is -2.19. The van der Waals surface area contributed by atoms with Crippen LogP contribution in [0.25, 0.3) is 55.1 Å². The number of para-hydroxylation sites is 1. The van der Waals surface area contributed by atoms with Gasteiger partial charge in [-0.15, -0.1) is 0 Å². The number of fused-ring (bicyclic) bond motifs is 5. The molecule has 0 radical (unpaired) electrons. The van der Waals surface area contributed by atoms with Gasteiger partial charge in [-0.1, -0.05) is 63.2 Å². The number of pyridine rings is 1. The van der Waals surface area contributed by atoms with E-state index in [0.29, 0.717) is 28.0 Å². The van der Waals surface area contributed by atoms with Gasteiger partial charge in [0.25, 0.3) is 0 Å². The Hall–Kier alpha value is -4.42. The maximum Gasteiger partial charge on any atom is 0.144 e. The van der Waals surface area contributed by atoms with E-state index in [4.69, 9.17) is 15.4 Å². The first-order valence-electron chi connectivity index (χ1n) is 16.4. The van der Waals surface area contributed by atoms with E-state index in [1.165, 1.54) is 24.4 Å². The molecule has 0 N–H and O–H groups in total. The quantitative estimate of drug-likeness (QED) is 0.242. The highest BCUT2D eigenvalue weighted by Crippen LogP contribution is 2.40. The summed E-state index contributed by atoms with van der Waals surface area (Å²) in [6.07, 6.45) is -0.615. The fraction of sp³-hybridized carbons (Fsp3) is 0.200. The van der Waals surface area contributed by atoms with Crippen LogP contribution in [0.15, 0.2) is 83.4 Å². The minimum atomic E-state index is -2.67. The topological polar surface area (TPSA) is 49.8 Å². The van der Waals surface area contributed by atoms with Crippen molar-refractivity contribution in [3.05, 3.63) is 101 Å². The van der Waals surface area contributed by atoms with E-state index in [0.717, 1.165) is 21.5 Å². The average Bonchev–Trinajstić information content (AvgIpc) is 3.38. The molecule has 6 rings (SSSR count). The molecule has 3 heteroatoms. The molecular weight excluding hydrogens is 464 g/mol. The maximum absolute atomic E-state index is 9.48. The van der Waals surface area contributed by atoms with Crippen molar-refractivity contribution < 1.29 is 15.4 Å². The Bertz CT molecular complexity index is 2210. The fourth-order valence-corrected chi connectivity index (χ4v) is 4.96. The number of benzene rings is 4. The summed E-state index contributed by atoms with van der Waals surface area (Å²) in [5.74, 6) is 0. The van der Waals surface area contributed by atoms with E-state index in [-0.39, 0.29) is 27.8 Å². The first-order chi connectivity index (χ1) is 21.4. The SMILES string of the molecule is [2H]C([2H])([2H])c1cnc(-c2cccc3c2oc2c4cc(C#N)ccc4ccc32)cc1-c1ccc(C([2H])([2H])C(C)(C)C)cc1C([2H])([2H])[2H]. The second-order valence-electron chi connectivity index (χ2n) is 10.5. The molecule has 2 heterocycles. The number of aromatic nitrogens is 1. The lowest BCUT2D eigenvalue weighted by atomic mass is 9.86. The summed E-state index contributed by atoms with van der Waals surface area (Å²) in [5, 5.41) is 12.8. The van der Waals surface area contributed by atoms with Gasteiger partial charge in [0.05, 0.1) is 17.3 Å². The van der Waals surface area contributed by atoms with Crippen molar-refractivity contribution in [3.63, 3.8) is 0 Å². The molecule has 0 spiro atoms. The largest absolute Gasteiger partial charge is 0.455 e. The molecule has 0 saturated heterocycles. The second-order valence-corrected chi connectivity index (χ2v) is 10.5. The van der Waals surface area contributed by atoms with Crippen molar-refractivity contribution in [2.75, 3.05) is 0 Å². The molecule has 0 aliphatic heterocycles. The van der Waals surface area contributed by atoms with Crippen molar-refractivity contribution in [2.24, 2.45) is 5.41 Å². The van der Waals surface area contributed by atoms with Crippen molar-refractivity contribution in [1.29, 1.82) is 5.26 Å². The number of nitriles is 1. The zero-order valence-electron chi connectivity index (χ0n) is 29.3. The van der Waals surface area contributed by atoms with Crippen molar-refractivity contribution >= 4 is 32.7 Å². The average molecular weight is 503 g/mol. The highest BCUT2D eigenvalue weighted by atomic mass is 16.3. The molecule has 4 aromatic carbocycles. The van der Waals surface area contributed by atoms with Crippen LogP contribution in [-0.4, -0.2) is 4.98 Å². The number of hydrogen-bond acceptors (Lipinski definition) is 3. The van der Waals surface area contributed by atoms with Crippen molar-refractivity contribution in [3.8, 4) is 28.5 Å². The summed E-state index contributed by atoms with van der Waals surface area (Å²) < 4.78 is 73.7. The van der Waals surface area contributed by atoms with Gasteiger partial charge in [0.1, 0.15) is 11.2 Å². The van der Waals surface area contributed by atoms with Crippen LogP contribution in [0.5, 0.6) is 0 Å². The predicted octanol–water partition coefficient (Wildman–Crippen LogP) is 9.55. The number of furan rings is 1. The summed E-state index contributed by atoms with van der Waals surface area (Å²) in [7, 11) is 0. The smallest absolute Gasteiger partial charge is 0.144 e. The summed E-state index contributed by atoms with van der Waals surface area (Å²) in [6.45, 7) is -0.0732. The van der Waals surface area contributed by atoms with Gasteiger partial charge in [0, 0.05) is 38.9 Å². The summed E-state index contributed by atoms with van der Waals surface area (Å²) >= 11 is 0. The Morgan fingerprint density at radius 1 is 0.842 bits per heavy atom. The molecule has 3 nitrogen and oxygen atoms in total. The van der Waals surface area contributed by atoms with Gasteiger partial charge in [-0.05, 0) is 89.0 Å². The summed E-state index contributed by atoms with van der Waals surface area (Å²) in [4.78, 5) is 4.53. The normalized spacial score (nSPS) is 16.1. The zero-order valence-corrected chi connectivity index (χ0v) is 21.3. The van der Waals surface area contributed by atoms with Gasteiger partial charge in [-0.25, -0.2) is 0 Å². The van der Waals surface area contributed by atoms with Gasteiger partial charge in [0.2, 0.25) is 0 Å². The van der Waals surface area contributed by atoms with Crippen LogP contribution in [0, 0.1) is 30.4 Å². The van der Waals surface area contributed by atoms with Crippen molar-refractivity contribution in [2.45, 2.75) is 40.8 Å². The monoisotopic (exact) mass is 502 g/mol. The van der Waals surface area contributed by atoms with E-state index in [9.17, 15) is 5.26 Å². The summed E-state index contributed by atoms with van der Waals surface area (Å²) in [6, 6.07) is 23.0. The molecule has 0 saturated carbocycles. The van der Waals surface area contributed by atoms with Crippen molar-refractivity contribution in [1.82, 2.24) is 4.98 Å². The molecule has 0 amide bonds. The molecule has 0 atom stereocenters. The standard InChI is InChI=1S/C35H30N2O/c1-21-15-23(18-35(3,4)5)10-13-26(21)30-17-32(37-20-22(30)2)29-8-6-7-27-28-14-12-25-11-9-24(19-36)16-31(25)34(28)38-33(27)29/h6-17,20H,18H2,1-5H3/i1D3,2D3,18D2. The third-order valence-corrected chi connectivity index (χ3v) is 6.62. The van der Waals surface area contributed by atoms with E-state index in [1.54, 1.807) is 45.0 Å². The lowest BCUT2D eigenvalue weighted by Crippen LogP contribution is -2.09. The highest BCUT2D eigenvalue weighted by molar-refractivity contribution is 6.17. The van der Waals surface area contributed by atoms with Gasteiger partial charge in [0.15, 0.2) is 0 Å². The Labute approximate surface area is 234 Å². The molecule has 0 bridgehead atoms. The van der Waals surface area contributed by atoms with Crippen LogP contribution in [0.1, 0.15) is 54.0 Å². The number of aryl methyl sites for hydroxylation is 2. The Morgan fingerprint density at radius 3 is 2.45 bits per heavy atom. The van der Waals surface area contributed by atoms with Crippen LogP contribution in [-0.2, 0) is 6.37 Å². The molecule has 186 valence electrons. The van der Waals surface area contributed by atoms with E-state index in [1.807, 2.05) is 30.3 Å². The Morgan fingerprint density at radius 2 is 1.66 bits per heavy atom. The fourth-order valence-electron chi connectivity index (χ4n) is 4.96. The molecule has 0 unspecified atom stereocenters. The molecule has 0 aliphatic carbocycles. The van der Waals surface area contributed by atoms with E-state index < -0.39 is 25.5 Å². The molecule has 0 aliphatic rings. The third kappa shape index (κ3) is 4.13. The zero-order chi connectivity index (χ0) is 33.4. The first kappa shape index (κ1) is 16.4. The van der Waals surface area contributed by atoms with Crippen LogP contribution in [0.2, 0.25) is 0 Å². The third-order valence-electron chi connectivity index (χ3n) is 6.62. The minimum absolute atomic E-state index is 0.125. The number of rotatable bonds is 3. The highest BCUT2D eigenvalue weighted by Gasteiger charge is 2.17. The molecular formula is C35H30N2O. The first-order valence-corrected chi connectivity index (χ1v) is 12.4. The van der Waals surface area contributed by atoms with Crippen LogP contribution in [0.4, 0.5) is 0 Å². The Balaban J connectivity index is 1.62. The number of nitrogens with zero attached hydrogens (tertiary/aromatic N) is 2. The molecule has 0 fully saturated rings. The molecule has 2 aromatic heterocycles. The minimum Gasteiger partial charge on any atom is -0.455 e. The van der Waals surface area contributed by atoms with Crippen LogP contribution < -0.4 is 0 Å². The maximum atomic E-state index is 9.48. The lowest BCUT2D eigenvalue weighted by molar-refractivity contribution is 0.411. The van der Waals surface area contributed by atoms with Crippen LogP contribution in [0.3, 0.4) is 0 Å². The van der Waals surface area contributed by atoms with E-state index >= 15 is 0 Å². The second kappa shape index (κ2) is 8.85. The van der Waals surface area contributed by atoms with E-state index in [2.05, 4.69) is 11.1 Å². The van der Waals surface area contributed by atoms with Gasteiger partial charge < -0.3 is 4.42 Å². The van der Waals surface area contributed by atoms with Gasteiger partial charge in [-0.3, -0.25) is 4.98 Å². The molecule has 38 heavy (non-hydrogen) atoms. The van der Waals surface area contributed by atoms with Gasteiger partial charge in [-0.2, -0.15) is 5.26 Å². The summed E-state index contributed by atoms with van der Waals surface area (Å²) in [5.41, 5.74) is 1.97.